The quantitative estimate of drug-likeness (QED) is 0.227. The number of benzene rings is 2. The molecule has 4 nitrogen and oxygen atoms in total. The number of nitrogens with zero attached hydrogens (tertiary/aromatic N) is 2. The minimum atomic E-state index is -2.20. The van der Waals surface area contributed by atoms with Crippen LogP contribution in [0.25, 0.3) is 0 Å². The predicted octanol–water partition coefficient (Wildman–Crippen LogP) is 5.62. The number of thiocarbonyl (C=S) groups is 1. The fraction of sp³-hybridized carbons (Fsp3) is 0.238. The number of nitrogens with one attached hydrogen (secondary N) is 2. The number of rotatable bonds is 5. The second-order valence-electron chi connectivity index (χ2n) is 6.88. The molecular formula is C21H19F5N4S. The van der Waals surface area contributed by atoms with Crippen LogP contribution in [0.4, 0.5) is 33.3 Å². The average Bonchev–Trinajstić information content (AvgIpc) is 3.01. The van der Waals surface area contributed by atoms with Crippen molar-refractivity contribution in [2.24, 2.45) is 0 Å². The smallest absolute Gasteiger partial charge is 0.200 e. The summed E-state index contributed by atoms with van der Waals surface area (Å²) in [5, 5.41) is 10.4. The SMILES string of the molecule is CCc1ccc(NC(=S)Nc2c(C)nn(Cc3c(F)c(F)c(F)c(F)c3F)c2C)cc1. The van der Waals surface area contributed by atoms with Crippen molar-refractivity contribution in [3.05, 3.63) is 75.9 Å². The summed E-state index contributed by atoms with van der Waals surface area (Å²) in [6.07, 6.45) is 0.906. The first-order valence-electron chi connectivity index (χ1n) is 9.35. The van der Waals surface area contributed by atoms with E-state index in [-0.39, 0.29) is 5.11 Å². The molecule has 3 aromatic rings. The highest BCUT2D eigenvalue weighted by molar-refractivity contribution is 7.80. The minimum Gasteiger partial charge on any atom is -0.332 e. The zero-order valence-corrected chi connectivity index (χ0v) is 17.7. The fourth-order valence-corrected chi connectivity index (χ4v) is 3.29. The molecular weight excluding hydrogens is 435 g/mol. The first kappa shape index (κ1) is 22.7. The summed E-state index contributed by atoms with van der Waals surface area (Å²) in [5.41, 5.74) is 2.28. The Bertz CT molecular complexity index is 1110. The van der Waals surface area contributed by atoms with E-state index in [9.17, 15) is 22.0 Å². The molecule has 0 radical (unpaired) electrons. The number of anilines is 2. The lowest BCUT2D eigenvalue weighted by molar-refractivity contribution is 0.366. The third-order valence-electron chi connectivity index (χ3n) is 4.85. The lowest BCUT2D eigenvalue weighted by atomic mass is 10.1. The van der Waals surface area contributed by atoms with Gasteiger partial charge >= 0.3 is 0 Å². The van der Waals surface area contributed by atoms with Gasteiger partial charge in [-0.25, -0.2) is 22.0 Å². The lowest BCUT2D eigenvalue weighted by Gasteiger charge is -2.12. The van der Waals surface area contributed by atoms with Gasteiger partial charge in [-0.2, -0.15) is 5.10 Å². The van der Waals surface area contributed by atoms with Crippen molar-refractivity contribution in [1.82, 2.24) is 9.78 Å². The summed E-state index contributed by atoms with van der Waals surface area (Å²) in [4.78, 5) is 0. The number of hydrogen-bond donors (Lipinski definition) is 2. The molecule has 10 heteroatoms. The molecule has 0 saturated heterocycles. The lowest BCUT2D eigenvalue weighted by Crippen LogP contribution is -2.20. The van der Waals surface area contributed by atoms with E-state index >= 15 is 0 Å². The second-order valence-corrected chi connectivity index (χ2v) is 7.29. The molecule has 31 heavy (non-hydrogen) atoms. The van der Waals surface area contributed by atoms with Gasteiger partial charge in [-0.15, -0.1) is 0 Å². The maximum absolute atomic E-state index is 14.0. The van der Waals surface area contributed by atoms with Crippen LogP contribution in [0, 0.1) is 42.9 Å². The number of aromatic nitrogens is 2. The Labute approximate surface area is 181 Å². The van der Waals surface area contributed by atoms with Crippen LogP contribution in [-0.2, 0) is 13.0 Å². The molecule has 0 aliphatic heterocycles. The monoisotopic (exact) mass is 454 g/mol. The van der Waals surface area contributed by atoms with Crippen LogP contribution in [0.3, 0.4) is 0 Å². The van der Waals surface area contributed by atoms with Gasteiger partial charge in [0.25, 0.3) is 0 Å². The first-order chi connectivity index (χ1) is 14.6. The van der Waals surface area contributed by atoms with Crippen molar-refractivity contribution in [3.8, 4) is 0 Å². The normalized spacial score (nSPS) is 11.0. The van der Waals surface area contributed by atoms with Crippen LogP contribution in [0.15, 0.2) is 24.3 Å². The molecule has 0 fully saturated rings. The standard InChI is InChI=1S/C21H19F5N4S/c1-4-12-5-7-13(8-6-12)27-21(31)28-20-10(2)29-30(11(20)3)9-14-15(22)17(24)19(26)18(25)16(14)23/h5-8H,4,9H2,1-3H3,(H2,27,28,31). The maximum Gasteiger partial charge on any atom is 0.200 e. The molecule has 1 heterocycles. The van der Waals surface area contributed by atoms with Gasteiger partial charge in [0.05, 0.1) is 29.2 Å². The molecule has 0 spiro atoms. The van der Waals surface area contributed by atoms with Crippen LogP contribution >= 0.6 is 12.2 Å². The molecule has 0 atom stereocenters. The second kappa shape index (κ2) is 9.01. The summed E-state index contributed by atoms with van der Waals surface area (Å²) < 4.78 is 69.4. The Morgan fingerprint density at radius 1 is 0.903 bits per heavy atom. The summed E-state index contributed by atoms with van der Waals surface area (Å²) in [5.74, 6) is -9.95. The number of halogens is 5. The van der Waals surface area contributed by atoms with E-state index in [1.165, 1.54) is 5.56 Å². The van der Waals surface area contributed by atoms with Crippen LogP contribution in [0.2, 0.25) is 0 Å². The van der Waals surface area contributed by atoms with Gasteiger partial charge in [-0.3, -0.25) is 4.68 Å². The number of aryl methyl sites for hydroxylation is 2. The number of hydrogen-bond acceptors (Lipinski definition) is 2. The molecule has 3 rings (SSSR count). The summed E-state index contributed by atoms with van der Waals surface area (Å²) in [7, 11) is 0. The summed E-state index contributed by atoms with van der Waals surface area (Å²) >= 11 is 5.31. The van der Waals surface area contributed by atoms with E-state index in [2.05, 4.69) is 15.7 Å². The van der Waals surface area contributed by atoms with Crippen molar-refractivity contribution < 1.29 is 22.0 Å². The molecule has 164 valence electrons. The van der Waals surface area contributed by atoms with E-state index < -0.39 is 41.2 Å². The highest BCUT2D eigenvalue weighted by Gasteiger charge is 2.26. The fourth-order valence-electron chi connectivity index (χ4n) is 3.07. The van der Waals surface area contributed by atoms with E-state index in [0.29, 0.717) is 17.1 Å². The Balaban J connectivity index is 1.82. The molecule has 0 aliphatic carbocycles. The van der Waals surface area contributed by atoms with Crippen LogP contribution in [0.5, 0.6) is 0 Å². The molecule has 0 saturated carbocycles. The van der Waals surface area contributed by atoms with Gasteiger partial charge < -0.3 is 10.6 Å². The van der Waals surface area contributed by atoms with E-state index in [1.54, 1.807) is 13.8 Å². The molecule has 0 bridgehead atoms. The Kier molecular flexibility index (Phi) is 6.59. The topological polar surface area (TPSA) is 41.9 Å². The van der Waals surface area contributed by atoms with Gasteiger partial charge in [-0.1, -0.05) is 19.1 Å². The first-order valence-corrected chi connectivity index (χ1v) is 9.76. The summed E-state index contributed by atoms with van der Waals surface area (Å²) in [6.45, 7) is 4.62. The van der Waals surface area contributed by atoms with Crippen molar-refractivity contribution in [3.63, 3.8) is 0 Å². The van der Waals surface area contributed by atoms with Gasteiger partial charge in [0.2, 0.25) is 5.82 Å². The largest absolute Gasteiger partial charge is 0.332 e. The summed E-state index contributed by atoms with van der Waals surface area (Å²) in [6, 6.07) is 7.67. The molecule has 0 unspecified atom stereocenters. The van der Waals surface area contributed by atoms with Crippen LogP contribution < -0.4 is 10.6 Å². The van der Waals surface area contributed by atoms with Crippen molar-refractivity contribution in [1.29, 1.82) is 0 Å². The maximum atomic E-state index is 14.0. The highest BCUT2D eigenvalue weighted by Crippen LogP contribution is 2.26. The Morgan fingerprint density at radius 2 is 1.45 bits per heavy atom. The highest BCUT2D eigenvalue weighted by atomic mass is 32.1. The predicted molar refractivity (Wildman–Crippen MR) is 113 cm³/mol. The van der Waals surface area contributed by atoms with Crippen molar-refractivity contribution in [2.45, 2.75) is 33.7 Å². The van der Waals surface area contributed by atoms with E-state index in [1.807, 2.05) is 31.2 Å². The van der Waals surface area contributed by atoms with Gasteiger partial charge in [-0.05, 0) is 50.2 Å². The van der Waals surface area contributed by atoms with Crippen molar-refractivity contribution >= 4 is 28.7 Å². The van der Waals surface area contributed by atoms with Gasteiger partial charge in [0.15, 0.2) is 28.4 Å². The third kappa shape index (κ3) is 4.53. The average molecular weight is 454 g/mol. The zero-order chi connectivity index (χ0) is 22.9. The molecule has 1 aromatic heterocycles. The Hall–Kier alpha value is -3.01. The third-order valence-corrected chi connectivity index (χ3v) is 5.05. The molecule has 2 N–H and O–H groups in total. The van der Waals surface area contributed by atoms with Gasteiger partial charge in [0, 0.05) is 5.69 Å². The zero-order valence-electron chi connectivity index (χ0n) is 16.9. The van der Waals surface area contributed by atoms with E-state index in [0.717, 1.165) is 16.8 Å². The van der Waals surface area contributed by atoms with Crippen molar-refractivity contribution in [2.75, 3.05) is 10.6 Å². The molecule has 2 aromatic carbocycles. The van der Waals surface area contributed by atoms with Gasteiger partial charge in [0.1, 0.15) is 0 Å². The molecule has 0 aliphatic rings. The Morgan fingerprint density at radius 3 is 2.00 bits per heavy atom. The van der Waals surface area contributed by atoms with Crippen LogP contribution in [0.1, 0.15) is 29.4 Å². The van der Waals surface area contributed by atoms with Crippen LogP contribution in [-0.4, -0.2) is 14.9 Å². The van der Waals surface area contributed by atoms with E-state index in [4.69, 9.17) is 12.2 Å². The molecule has 0 amide bonds. The minimum absolute atomic E-state index is 0.256.